The van der Waals surface area contributed by atoms with Crippen LogP contribution < -0.4 is 10.5 Å². The average molecular weight is 476 g/mol. The van der Waals surface area contributed by atoms with Crippen molar-refractivity contribution in [2.24, 2.45) is 24.6 Å². The van der Waals surface area contributed by atoms with E-state index in [-0.39, 0.29) is 18.0 Å². The summed E-state index contributed by atoms with van der Waals surface area (Å²) in [6, 6.07) is 8.48. The summed E-state index contributed by atoms with van der Waals surface area (Å²) in [6.45, 7) is 1.78. The van der Waals surface area contributed by atoms with Gasteiger partial charge in [-0.15, -0.1) is 11.3 Å². The van der Waals surface area contributed by atoms with E-state index in [2.05, 4.69) is 26.6 Å². The monoisotopic (exact) mass is 475 g/mol. The number of aromatic nitrogens is 3. The molecule has 3 fully saturated rings. The Morgan fingerprint density at radius 2 is 2.09 bits per heavy atom. The predicted octanol–water partition coefficient (Wildman–Crippen LogP) is 4.24. The lowest BCUT2D eigenvalue weighted by atomic mass is 10.1. The number of likely N-dealkylation sites (tertiary alicyclic amines) is 1. The second kappa shape index (κ2) is 7.33. The first-order valence-corrected chi connectivity index (χ1v) is 13.1. The molecule has 34 heavy (non-hydrogen) atoms. The number of carbonyl (C=O) groups excluding carboxylic acids is 1. The van der Waals surface area contributed by atoms with Crippen LogP contribution in [-0.4, -0.2) is 50.7 Å². The lowest BCUT2D eigenvalue weighted by Crippen LogP contribution is -2.41. The molecule has 0 unspecified atom stereocenters. The summed E-state index contributed by atoms with van der Waals surface area (Å²) in [4.78, 5) is 21.8. The minimum Gasteiger partial charge on any atom is -0.494 e. The molecule has 2 aliphatic carbocycles. The number of fused-ring (bicyclic) bond motifs is 4. The maximum atomic E-state index is 13.5. The predicted molar refractivity (Wildman–Crippen MR) is 134 cm³/mol. The third-order valence-corrected chi connectivity index (χ3v) is 9.14. The molecule has 7 nitrogen and oxygen atoms in total. The molecule has 3 aromatic heterocycles. The zero-order valence-corrected chi connectivity index (χ0v) is 20.3. The quantitative estimate of drug-likeness (QED) is 0.468. The molecular weight excluding hydrogens is 446 g/mol. The second-order valence-corrected chi connectivity index (χ2v) is 11.1. The molecule has 176 valence electrons. The van der Waals surface area contributed by atoms with Crippen LogP contribution in [0, 0.1) is 11.8 Å². The van der Waals surface area contributed by atoms with E-state index in [0.717, 1.165) is 54.4 Å². The van der Waals surface area contributed by atoms with Gasteiger partial charge in [-0.3, -0.25) is 4.79 Å². The molecule has 2 N–H and O–H groups in total. The molecule has 2 saturated carbocycles. The van der Waals surface area contributed by atoms with Crippen molar-refractivity contribution in [1.82, 2.24) is 19.0 Å². The van der Waals surface area contributed by atoms with E-state index >= 15 is 0 Å². The molecule has 7 rings (SSSR count). The SMILES string of the molecule is COc1cc(C(=O)N2C[C@H]3CC[C@@H]2[C@@H]3N)cc2nc(-c3cc4ccsc4n3CC3CC3)n(C)c12. The molecule has 2 bridgehead atoms. The van der Waals surface area contributed by atoms with Crippen LogP contribution in [0.3, 0.4) is 0 Å². The van der Waals surface area contributed by atoms with Crippen molar-refractivity contribution in [3.05, 3.63) is 35.2 Å². The van der Waals surface area contributed by atoms with Crippen molar-refractivity contribution in [2.45, 2.75) is 44.3 Å². The number of imidazole rings is 1. The topological polar surface area (TPSA) is 78.3 Å². The number of hydrogen-bond donors (Lipinski definition) is 1. The molecule has 1 saturated heterocycles. The zero-order chi connectivity index (χ0) is 23.1. The van der Waals surface area contributed by atoms with Crippen LogP contribution in [0.15, 0.2) is 29.6 Å². The Morgan fingerprint density at radius 1 is 1.24 bits per heavy atom. The standard InChI is InChI=1S/C26H29N5O2S/c1-29-23-18(28-24(29)20-10-15-7-8-34-26(15)31(20)12-14-3-4-14)9-17(11-21(23)33-2)25(32)30-13-16-5-6-19(30)22(16)27/h7-11,14,16,19,22H,3-6,12-13,27H2,1-2H3/t16-,19-,22-/m1/s1. The van der Waals surface area contributed by atoms with Crippen LogP contribution in [-0.2, 0) is 13.6 Å². The summed E-state index contributed by atoms with van der Waals surface area (Å²) in [5.41, 5.74) is 9.82. The number of amides is 1. The Hall–Kier alpha value is -2.84. The number of benzene rings is 1. The van der Waals surface area contributed by atoms with Crippen molar-refractivity contribution < 1.29 is 9.53 Å². The van der Waals surface area contributed by atoms with Gasteiger partial charge in [0, 0.05) is 43.2 Å². The average Bonchev–Trinajstić information content (AvgIpc) is 3.12. The second-order valence-electron chi connectivity index (χ2n) is 10.2. The van der Waals surface area contributed by atoms with Gasteiger partial charge in [-0.1, -0.05) is 0 Å². The van der Waals surface area contributed by atoms with Gasteiger partial charge in [0.2, 0.25) is 0 Å². The normalized spacial score (nSPS) is 24.1. The zero-order valence-electron chi connectivity index (χ0n) is 19.5. The number of thiophene rings is 1. The van der Waals surface area contributed by atoms with Gasteiger partial charge < -0.3 is 24.5 Å². The molecule has 4 aromatic rings. The number of ether oxygens (including phenoxy) is 1. The maximum Gasteiger partial charge on any atom is 0.254 e. The van der Waals surface area contributed by atoms with Crippen molar-refractivity contribution in [2.75, 3.05) is 13.7 Å². The first-order valence-electron chi connectivity index (χ1n) is 12.2. The van der Waals surface area contributed by atoms with Gasteiger partial charge in [-0.25, -0.2) is 4.98 Å². The Bertz CT molecular complexity index is 1440. The van der Waals surface area contributed by atoms with Crippen LogP contribution in [0.4, 0.5) is 0 Å². The molecule has 1 amide bonds. The first kappa shape index (κ1) is 20.5. The molecule has 3 atom stereocenters. The largest absolute Gasteiger partial charge is 0.494 e. The van der Waals surface area contributed by atoms with E-state index in [0.29, 0.717) is 17.2 Å². The number of nitrogens with two attached hydrogens (primary N) is 1. The van der Waals surface area contributed by atoms with Crippen molar-refractivity contribution >= 4 is 38.5 Å². The number of methoxy groups -OCH3 is 1. The molecule has 1 aromatic carbocycles. The number of piperidine rings is 1. The molecule has 0 spiro atoms. The molecule has 3 aliphatic rings. The molecule has 4 heterocycles. The lowest BCUT2D eigenvalue weighted by molar-refractivity contribution is 0.0700. The Kier molecular flexibility index (Phi) is 4.42. The maximum absolute atomic E-state index is 13.5. The summed E-state index contributed by atoms with van der Waals surface area (Å²) in [5, 5.41) is 3.42. The van der Waals surface area contributed by atoms with Crippen molar-refractivity contribution in [1.29, 1.82) is 0 Å². The first-order chi connectivity index (χ1) is 16.5. The number of nitrogens with zero attached hydrogens (tertiary/aromatic N) is 4. The van der Waals surface area contributed by atoms with Crippen LogP contribution in [0.2, 0.25) is 0 Å². The highest BCUT2D eigenvalue weighted by atomic mass is 32.1. The van der Waals surface area contributed by atoms with Crippen LogP contribution in [0.25, 0.3) is 32.8 Å². The summed E-state index contributed by atoms with van der Waals surface area (Å²) in [6.07, 6.45) is 4.72. The highest BCUT2D eigenvalue weighted by molar-refractivity contribution is 7.16. The fourth-order valence-corrected chi connectivity index (χ4v) is 7.07. The summed E-state index contributed by atoms with van der Waals surface area (Å²) >= 11 is 1.79. The van der Waals surface area contributed by atoms with E-state index in [1.165, 1.54) is 23.1 Å². The van der Waals surface area contributed by atoms with E-state index in [9.17, 15) is 4.79 Å². The van der Waals surface area contributed by atoms with E-state index < -0.39 is 0 Å². The summed E-state index contributed by atoms with van der Waals surface area (Å²) in [5.74, 6) is 2.80. The fraction of sp³-hybridized carbons (Fsp3) is 0.462. The lowest BCUT2D eigenvalue weighted by Gasteiger charge is -2.27. The number of aryl methyl sites for hydroxylation is 1. The minimum absolute atomic E-state index is 0.0349. The van der Waals surface area contributed by atoms with Crippen LogP contribution in [0.1, 0.15) is 36.0 Å². The Morgan fingerprint density at radius 3 is 2.79 bits per heavy atom. The van der Waals surface area contributed by atoms with E-state index in [1.54, 1.807) is 18.4 Å². The fourth-order valence-electron chi connectivity index (χ4n) is 6.17. The molecule has 1 aliphatic heterocycles. The van der Waals surface area contributed by atoms with Gasteiger partial charge in [0.25, 0.3) is 5.91 Å². The highest BCUT2D eigenvalue weighted by Crippen LogP contribution is 2.40. The van der Waals surface area contributed by atoms with E-state index in [1.807, 2.05) is 24.1 Å². The molecule has 8 heteroatoms. The van der Waals surface area contributed by atoms with Gasteiger partial charge in [-0.05, 0) is 67.2 Å². The van der Waals surface area contributed by atoms with Gasteiger partial charge in [-0.2, -0.15) is 0 Å². The van der Waals surface area contributed by atoms with Crippen molar-refractivity contribution in [3.8, 4) is 17.3 Å². The summed E-state index contributed by atoms with van der Waals surface area (Å²) < 4.78 is 10.3. The summed E-state index contributed by atoms with van der Waals surface area (Å²) in [7, 11) is 3.70. The molecular formula is C26H29N5O2S. The minimum atomic E-state index is 0.0349. The number of rotatable bonds is 5. The Labute approximate surface area is 202 Å². The van der Waals surface area contributed by atoms with Crippen LogP contribution in [0.5, 0.6) is 5.75 Å². The van der Waals surface area contributed by atoms with E-state index in [4.69, 9.17) is 15.5 Å². The number of hydrogen-bond acceptors (Lipinski definition) is 5. The smallest absolute Gasteiger partial charge is 0.254 e. The third-order valence-electron chi connectivity index (χ3n) is 8.18. The van der Waals surface area contributed by atoms with Gasteiger partial charge in [0.05, 0.1) is 18.3 Å². The Balaban J connectivity index is 1.34. The number of carbonyl (C=O) groups is 1. The van der Waals surface area contributed by atoms with Gasteiger partial charge >= 0.3 is 0 Å². The van der Waals surface area contributed by atoms with Crippen LogP contribution >= 0.6 is 11.3 Å². The van der Waals surface area contributed by atoms with Gasteiger partial charge in [0.15, 0.2) is 5.82 Å². The van der Waals surface area contributed by atoms with Crippen molar-refractivity contribution in [3.63, 3.8) is 0 Å². The third kappa shape index (κ3) is 2.91. The highest BCUT2D eigenvalue weighted by Gasteiger charge is 2.47. The van der Waals surface area contributed by atoms with Gasteiger partial charge in [0.1, 0.15) is 16.1 Å². The molecule has 0 radical (unpaired) electrons.